The third-order valence-corrected chi connectivity index (χ3v) is 8.07. The van der Waals surface area contributed by atoms with Crippen LogP contribution in [0.2, 0.25) is 5.02 Å². The maximum atomic E-state index is 13.8. The minimum absolute atomic E-state index is 0.0514. The number of carbonyl (C=O) groups is 1. The highest BCUT2D eigenvalue weighted by atomic mass is 35.5. The zero-order chi connectivity index (χ0) is 35.2. The van der Waals surface area contributed by atoms with Gasteiger partial charge in [0.25, 0.3) is 0 Å². The molecule has 2 unspecified atom stereocenters. The summed E-state index contributed by atoms with van der Waals surface area (Å²) in [6.45, 7) is 27.6. The third-order valence-electron chi connectivity index (χ3n) is 7.84. The minimum Gasteiger partial charge on any atom is -0.493 e. The van der Waals surface area contributed by atoms with Gasteiger partial charge in [0.2, 0.25) is 5.88 Å². The number of nitrogens with one attached hydrogen (secondary N) is 1. The Kier molecular flexibility index (Phi) is 22.6. The second kappa shape index (κ2) is 24.2. The molecule has 1 N–H and O–H groups in total. The number of hydrogen-bond acceptors (Lipinski definition) is 4. The quantitative estimate of drug-likeness (QED) is 0.133. The maximum absolute atomic E-state index is 13.8. The van der Waals surface area contributed by atoms with Crippen molar-refractivity contribution in [2.45, 2.75) is 115 Å². The molecular weight excluding hydrogens is 592 g/mol. The Bertz CT molecular complexity index is 1270. The van der Waals surface area contributed by atoms with E-state index in [4.69, 9.17) is 21.1 Å². The molecule has 1 aromatic carbocycles. The highest BCUT2D eigenvalue weighted by Crippen LogP contribution is 2.35. The zero-order valence-corrected chi connectivity index (χ0v) is 31.7. The number of carbonyl (C=O) groups excluding carboxylic acids is 1. The summed E-state index contributed by atoms with van der Waals surface area (Å²) >= 11 is 6.20. The first-order valence-electron chi connectivity index (χ1n) is 17.4. The number of H-pyrrole nitrogens is 1. The van der Waals surface area contributed by atoms with Crippen LogP contribution in [-0.4, -0.2) is 29.7 Å². The van der Waals surface area contributed by atoms with E-state index in [1.165, 1.54) is 25.7 Å². The van der Waals surface area contributed by atoms with Gasteiger partial charge in [-0.25, -0.2) is 5.10 Å². The molecular formula is C40H63ClN2O3. The lowest BCUT2D eigenvalue weighted by molar-refractivity contribution is -0.120. The van der Waals surface area contributed by atoms with E-state index in [1.54, 1.807) is 13.3 Å². The number of allylic oxidation sites excluding steroid dienone is 7. The summed E-state index contributed by atoms with van der Waals surface area (Å²) in [6.07, 6.45) is 14.9. The number of unbranched alkanes of at least 4 members (excludes halogenated alkanes) is 3. The van der Waals surface area contributed by atoms with E-state index in [1.807, 2.05) is 65.0 Å². The molecule has 0 saturated heterocycles. The number of nitrogens with zero attached hydrogens (tertiary/aromatic N) is 1. The van der Waals surface area contributed by atoms with E-state index in [9.17, 15) is 4.79 Å². The molecule has 0 radical (unpaired) electrons. The van der Waals surface area contributed by atoms with Gasteiger partial charge >= 0.3 is 0 Å². The van der Waals surface area contributed by atoms with Crippen molar-refractivity contribution < 1.29 is 14.3 Å². The molecule has 0 amide bonds. The highest BCUT2D eigenvalue weighted by molar-refractivity contribution is 6.30. The van der Waals surface area contributed by atoms with Gasteiger partial charge in [0.1, 0.15) is 5.75 Å². The molecule has 258 valence electrons. The molecule has 3 rings (SSSR count). The lowest BCUT2D eigenvalue weighted by atomic mass is 9.82. The van der Waals surface area contributed by atoms with Gasteiger partial charge in [0, 0.05) is 10.6 Å². The molecule has 5 nitrogen and oxygen atoms in total. The van der Waals surface area contributed by atoms with Crippen molar-refractivity contribution in [3.05, 3.63) is 82.1 Å². The van der Waals surface area contributed by atoms with Gasteiger partial charge in [0.15, 0.2) is 5.78 Å². The Morgan fingerprint density at radius 1 is 1.09 bits per heavy atom. The lowest BCUT2D eigenvalue weighted by Crippen LogP contribution is -2.30. The predicted molar refractivity (Wildman–Crippen MR) is 200 cm³/mol. The van der Waals surface area contributed by atoms with Gasteiger partial charge in [-0.1, -0.05) is 131 Å². The van der Waals surface area contributed by atoms with E-state index in [0.29, 0.717) is 29.5 Å². The Labute approximate surface area is 286 Å². The number of ketones is 1. The number of rotatable bonds is 13. The molecule has 1 aliphatic rings. The summed E-state index contributed by atoms with van der Waals surface area (Å²) < 4.78 is 11.4. The van der Waals surface area contributed by atoms with Gasteiger partial charge in [-0.05, 0) is 72.1 Å². The smallest absolute Gasteiger partial charge is 0.216 e. The molecule has 6 heteroatoms. The highest BCUT2D eigenvalue weighted by Gasteiger charge is 2.30. The van der Waals surface area contributed by atoms with Crippen LogP contribution in [-0.2, 0) is 11.2 Å². The van der Waals surface area contributed by atoms with Crippen molar-refractivity contribution >= 4 is 23.0 Å². The molecule has 1 aromatic heterocycles. The van der Waals surface area contributed by atoms with Gasteiger partial charge < -0.3 is 9.47 Å². The summed E-state index contributed by atoms with van der Waals surface area (Å²) in [7, 11) is 1.63. The first-order valence-corrected chi connectivity index (χ1v) is 17.8. The molecule has 1 aliphatic heterocycles. The SMILES string of the molecule is C=C(C(=C\C=C(\c1cn[nH]c1OC)C(C)CC)/C(=C\C)C(=O)C1COc2ccc(Cl)cc2C1)C(C)C.CC.CC.CCCCCC. The topological polar surface area (TPSA) is 64.2 Å². The average molecular weight is 655 g/mol. The van der Waals surface area contributed by atoms with Crippen LogP contribution in [0, 0.1) is 17.8 Å². The molecule has 2 heterocycles. The van der Waals surface area contributed by atoms with Crippen molar-refractivity contribution in [2.75, 3.05) is 13.7 Å². The molecule has 2 aromatic rings. The maximum Gasteiger partial charge on any atom is 0.216 e. The second-order valence-corrected chi connectivity index (χ2v) is 11.7. The Balaban J connectivity index is 0.00000179. The molecule has 2 atom stereocenters. The van der Waals surface area contributed by atoms with E-state index in [0.717, 1.165) is 40.0 Å². The molecule has 46 heavy (non-hydrogen) atoms. The molecule has 0 saturated carbocycles. The van der Waals surface area contributed by atoms with Crippen molar-refractivity contribution in [3.63, 3.8) is 0 Å². The normalized spacial score (nSPS) is 15.1. The largest absolute Gasteiger partial charge is 0.493 e. The van der Waals surface area contributed by atoms with Crippen LogP contribution < -0.4 is 9.47 Å². The Morgan fingerprint density at radius 2 is 1.72 bits per heavy atom. The number of ether oxygens (including phenoxy) is 2. The van der Waals surface area contributed by atoms with Crippen LogP contribution in [0.15, 0.2) is 65.9 Å². The van der Waals surface area contributed by atoms with Crippen molar-refractivity contribution in [1.29, 1.82) is 0 Å². The van der Waals surface area contributed by atoms with Crippen molar-refractivity contribution in [3.8, 4) is 11.6 Å². The van der Waals surface area contributed by atoms with Gasteiger partial charge in [-0.2, -0.15) is 5.10 Å². The number of halogens is 1. The average Bonchev–Trinajstić information content (AvgIpc) is 3.56. The Hall–Kier alpha value is -3.05. The summed E-state index contributed by atoms with van der Waals surface area (Å²) in [4.78, 5) is 13.8. The van der Waals surface area contributed by atoms with Crippen molar-refractivity contribution in [1.82, 2.24) is 10.2 Å². The summed E-state index contributed by atoms with van der Waals surface area (Å²) in [5.74, 6) is 1.61. The number of aromatic amines is 1. The standard InChI is InChI=1S/C30H37ClN2O3.C6H14.2C2H6/c1-8-19(5)25(27-16-32-33-30(27)35-7)11-12-26(20(6)18(3)4)24(9-2)29(34)22-14-21-15-23(31)10-13-28(21)36-17-22;1-3-5-6-4-2;2*1-2/h9-13,15-16,18-19,22H,6,8,14,17H2,1-5,7H3,(H,32,33);3-6H2,1-2H3;2*1-2H3/b24-9+,25-11+,26-12+;;;. The fourth-order valence-corrected chi connectivity index (χ4v) is 5.11. The third kappa shape index (κ3) is 13.0. The second-order valence-electron chi connectivity index (χ2n) is 11.2. The number of aromatic nitrogens is 2. The number of methoxy groups -OCH3 is 1. The zero-order valence-electron chi connectivity index (χ0n) is 31.0. The number of benzene rings is 1. The molecule has 0 bridgehead atoms. The first-order chi connectivity index (χ1) is 22.1. The van der Waals surface area contributed by atoms with Gasteiger partial charge in [0.05, 0.1) is 31.4 Å². The lowest BCUT2D eigenvalue weighted by Gasteiger charge is -2.26. The molecule has 0 fully saturated rings. The van der Waals surface area contributed by atoms with E-state index >= 15 is 0 Å². The monoisotopic (exact) mass is 654 g/mol. The van der Waals surface area contributed by atoms with E-state index < -0.39 is 0 Å². The van der Waals surface area contributed by atoms with Crippen LogP contribution in [0.4, 0.5) is 0 Å². The molecule has 0 spiro atoms. The molecule has 0 aliphatic carbocycles. The number of hydrogen-bond donors (Lipinski definition) is 1. The fraction of sp³-hybridized carbons (Fsp3) is 0.550. The number of Topliss-reactive ketones (excluding diaryl/α,β-unsaturated/α-hetero) is 1. The van der Waals surface area contributed by atoms with E-state index in [2.05, 4.69) is 64.4 Å². The van der Waals surface area contributed by atoms with Gasteiger partial charge in [-0.3, -0.25) is 4.79 Å². The number of fused-ring (bicyclic) bond motifs is 1. The fourth-order valence-electron chi connectivity index (χ4n) is 4.91. The first kappa shape index (κ1) is 43.0. The van der Waals surface area contributed by atoms with Crippen LogP contribution in [0.3, 0.4) is 0 Å². The van der Waals surface area contributed by atoms with Crippen LogP contribution in [0.1, 0.15) is 119 Å². The predicted octanol–water partition coefficient (Wildman–Crippen LogP) is 12.0. The Morgan fingerprint density at radius 3 is 2.24 bits per heavy atom. The van der Waals surface area contributed by atoms with Crippen LogP contribution in [0.25, 0.3) is 5.57 Å². The minimum atomic E-state index is -0.294. The van der Waals surface area contributed by atoms with Gasteiger partial charge in [-0.15, -0.1) is 0 Å². The van der Waals surface area contributed by atoms with Crippen molar-refractivity contribution in [2.24, 2.45) is 17.8 Å². The summed E-state index contributed by atoms with van der Waals surface area (Å²) in [5, 5.41) is 7.72. The van der Waals surface area contributed by atoms with Crippen LogP contribution >= 0.6 is 11.6 Å². The summed E-state index contributed by atoms with van der Waals surface area (Å²) in [5.41, 5.74) is 5.38. The van der Waals surface area contributed by atoms with Crippen LogP contribution in [0.5, 0.6) is 11.6 Å². The summed E-state index contributed by atoms with van der Waals surface area (Å²) in [6, 6.07) is 5.56. The van der Waals surface area contributed by atoms with E-state index in [-0.39, 0.29) is 23.5 Å².